The van der Waals surface area contributed by atoms with Gasteiger partial charge in [0.2, 0.25) is 0 Å². The van der Waals surface area contributed by atoms with Crippen molar-refractivity contribution in [1.29, 1.82) is 0 Å². The number of imidazole rings is 1. The standard InChI is InChI=1S/C13H13N3O/c17-13-15-11(9-10-5-2-1-3-6-10)12-14-7-4-8-16(12)13/h1-3,5-6,9H,4,7-8H2,(H,15,17)/b11-9+. The molecule has 0 spiro atoms. The Balaban J connectivity index is 2.25. The van der Waals surface area contributed by atoms with E-state index in [4.69, 9.17) is 0 Å². The highest BCUT2D eigenvalue weighted by Crippen LogP contribution is 1.97. The number of fused-ring (bicyclic) bond motifs is 1. The zero-order valence-electron chi connectivity index (χ0n) is 9.39. The Kier molecular flexibility index (Phi) is 2.40. The summed E-state index contributed by atoms with van der Waals surface area (Å²) < 4.78 is 1.71. The monoisotopic (exact) mass is 227 g/mol. The topological polar surface area (TPSA) is 50.1 Å². The van der Waals surface area contributed by atoms with Crippen molar-refractivity contribution < 1.29 is 0 Å². The molecule has 1 aliphatic rings. The number of hydrogen-bond donors (Lipinski definition) is 1. The van der Waals surface area contributed by atoms with Crippen LogP contribution in [0.3, 0.4) is 0 Å². The first kappa shape index (κ1) is 10.1. The van der Waals surface area contributed by atoms with Crippen LogP contribution < -0.4 is 16.5 Å². The quantitative estimate of drug-likeness (QED) is 0.734. The van der Waals surface area contributed by atoms with Crippen LogP contribution in [0.4, 0.5) is 0 Å². The molecule has 2 heterocycles. The fourth-order valence-electron chi connectivity index (χ4n) is 2.09. The van der Waals surface area contributed by atoms with E-state index in [1.54, 1.807) is 4.57 Å². The first-order valence-electron chi connectivity index (χ1n) is 5.75. The van der Waals surface area contributed by atoms with Crippen LogP contribution in [0.25, 0.3) is 6.08 Å². The molecule has 4 nitrogen and oxygen atoms in total. The van der Waals surface area contributed by atoms with Crippen LogP contribution in [0, 0.1) is 0 Å². The Labute approximate surface area is 97.9 Å². The summed E-state index contributed by atoms with van der Waals surface area (Å²) in [6, 6.07) is 9.93. The van der Waals surface area contributed by atoms with Gasteiger partial charge in [-0.05, 0) is 18.1 Å². The Morgan fingerprint density at radius 1 is 1.29 bits per heavy atom. The summed E-state index contributed by atoms with van der Waals surface area (Å²) in [4.78, 5) is 19.0. The molecule has 0 amide bonds. The molecule has 4 heteroatoms. The van der Waals surface area contributed by atoms with E-state index in [9.17, 15) is 4.79 Å². The average molecular weight is 227 g/mol. The molecule has 1 aliphatic heterocycles. The molecule has 1 aromatic carbocycles. The zero-order chi connectivity index (χ0) is 11.7. The van der Waals surface area contributed by atoms with E-state index < -0.39 is 0 Å². The summed E-state index contributed by atoms with van der Waals surface area (Å²) >= 11 is 0. The van der Waals surface area contributed by atoms with Crippen molar-refractivity contribution >= 4 is 6.08 Å². The summed E-state index contributed by atoms with van der Waals surface area (Å²) in [5.74, 6) is 0. The molecule has 86 valence electrons. The van der Waals surface area contributed by atoms with E-state index in [-0.39, 0.29) is 5.69 Å². The molecule has 0 aliphatic carbocycles. The van der Waals surface area contributed by atoms with E-state index in [1.165, 1.54) is 0 Å². The van der Waals surface area contributed by atoms with Crippen molar-refractivity contribution in [2.75, 3.05) is 6.54 Å². The van der Waals surface area contributed by atoms with Gasteiger partial charge in [-0.15, -0.1) is 0 Å². The Morgan fingerprint density at radius 2 is 2.12 bits per heavy atom. The lowest BCUT2D eigenvalue weighted by atomic mass is 10.2. The summed E-state index contributed by atoms with van der Waals surface area (Å²) in [6.07, 6.45) is 2.90. The van der Waals surface area contributed by atoms with Gasteiger partial charge in [0, 0.05) is 13.1 Å². The number of aromatic amines is 1. The minimum Gasteiger partial charge on any atom is -0.304 e. The second-order valence-electron chi connectivity index (χ2n) is 4.11. The maximum absolute atomic E-state index is 11.7. The van der Waals surface area contributed by atoms with Gasteiger partial charge < -0.3 is 4.98 Å². The van der Waals surface area contributed by atoms with Crippen LogP contribution in [-0.2, 0) is 6.54 Å². The van der Waals surface area contributed by atoms with E-state index in [2.05, 4.69) is 9.98 Å². The SMILES string of the molecule is O=c1[nH]/c(=C/c2ccccc2)c2n1CCCN=2. The van der Waals surface area contributed by atoms with Crippen molar-refractivity contribution in [3.05, 3.63) is 57.2 Å². The number of nitrogens with zero attached hydrogens (tertiary/aromatic N) is 2. The second kappa shape index (κ2) is 4.05. The normalized spacial score (nSPS) is 15.4. The molecule has 1 aromatic heterocycles. The van der Waals surface area contributed by atoms with Crippen molar-refractivity contribution in [2.45, 2.75) is 13.0 Å². The highest BCUT2D eigenvalue weighted by molar-refractivity contribution is 5.47. The van der Waals surface area contributed by atoms with Crippen LogP contribution in [-0.4, -0.2) is 16.1 Å². The fourth-order valence-corrected chi connectivity index (χ4v) is 2.09. The molecule has 0 atom stereocenters. The van der Waals surface area contributed by atoms with E-state index in [1.807, 2.05) is 36.4 Å². The number of H-pyrrole nitrogens is 1. The second-order valence-corrected chi connectivity index (χ2v) is 4.11. The molecular weight excluding hydrogens is 214 g/mol. The van der Waals surface area contributed by atoms with Gasteiger partial charge in [0.1, 0.15) is 0 Å². The predicted molar refractivity (Wildman–Crippen MR) is 65.3 cm³/mol. The third-order valence-corrected chi connectivity index (χ3v) is 2.90. The third kappa shape index (κ3) is 1.82. The van der Waals surface area contributed by atoms with Crippen LogP contribution >= 0.6 is 0 Å². The summed E-state index contributed by atoms with van der Waals surface area (Å²) in [5.41, 5.74) is 1.79. The smallest absolute Gasteiger partial charge is 0.304 e. The van der Waals surface area contributed by atoms with Crippen LogP contribution in [0.5, 0.6) is 0 Å². The zero-order valence-corrected chi connectivity index (χ0v) is 9.39. The number of nitrogens with one attached hydrogen (secondary N) is 1. The molecule has 0 bridgehead atoms. The van der Waals surface area contributed by atoms with Crippen molar-refractivity contribution in [2.24, 2.45) is 4.99 Å². The molecular formula is C13H13N3O. The van der Waals surface area contributed by atoms with E-state index >= 15 is 0 Å². The van der Waals surface area contributed by atoms with Gasteiger partial charge in [0.25, 0.3) is 0 Å². The number of benzene rings is 1. The lowest BCUT2D eigenvalue weighted by molar-refractivity contribution is 0.563. The lowest BCUT2D eigenvalue weighted by Gasteiger charge is -2.04. The highest BCUT2D eigenvalue weighted by Gasteiger charge is 2.07. The Hall–Kier alpha value is -2.10. The summed E-state index contributed by atoms with van der Waals surface area (Å²) in [7, 11) is 0. The summed E-state index contributed by atoms with van der Waals surface area (Å²) in [5, 5.41) is 0.806. The van der Waals surface area contributed by atoms with Gasteiger partial charge in [-0.2, -0.15) is 0 Å². The van der Waals surface area contributed by atoms with Crippen molar-refractivity contribution in [3.8, 4) is 0 Å². The van der Waals surface area contributed by atoms with E-state index in [0.29, 0.717) is 0 Å². The lowest BCUT2D eigenvalue weighted by Crippen LogP contribution is -2.36. The van der Waals surface area contributed by atoms with E-state index in [0.717, 1.165) is 35.9 Å². The third-order valence-electron chi connectivity index (χ3n) is 2.90. The summed E-state index contributed by atoms with van der Waals surface area (Å²) in [6.45, 7) is 1.56. The van der Waals surface area contributed by atoms with Gasteiger partial charge in [-0.25, -0.2) is 4.79 Å². The molecule has 1 N–H and O–H groups in total. The van der Waals surface area contributed by atoms with Crippen LogP contribution in [0.2, 0.25) is 0 Å². The molecule has 0 unspecified atom stereocenters. The Morgan fingerprint density at radius 3 is 2.94 bits per heavy atom. The largest absolute Gasteiger partial charge is 0.327 e. The fraction of sp³-hybridized carbons (Fsp3) is 0.231. The maximum atomic E-state index is 11.7. The van der Waals surface area contributed by atoms with Crippen LogP contribution in [0.1, 0.15) is 12.0 Å². The van der Waals surface area contributed by atoms with Gasteiger partial charge in [-0.3, -0.25) is 9.56 Å². The van der Waals surface area contributed by atoms with Crippen LogP contribution in [0.15, 0.2) is 40.1 Å². The first-order valence-corrected chi connectivity index (χ1v) is 5.75. The molecule has 2 aromatic rings. The molecule has 0 saturated heterocycles. The number of hydrogen-bond acceptors (Lipinski definition) is 2. The number of rotatable bonds is 1. The molecule has 0 radical (unpaired) electrons. The van der Waals surface area contributed by atoms with Gasteiger partial charge in [0.05, 0.1) is 5.35 Å². The van der Waals surface area contributed by atoms with Gasteiger partial charge in [0.15, 0.2) is 5.49 Å². The minimum atomic E-state index is -0.0642. The molecule has 17 heavy (non-hydrogen) atoms. The number of aromatic nitrogens is 2. The maximum Gasteiger partial charge on any atom is 0.327 e. The van der Waals surface area contributed by atoms with Gasteiger partial charge in [-0.1, -0.05) is 30.3 Å². The van der Waals surface area contributed by atoms with Crippen molar-refractivity contribution in [3.63, 3.8) is 0 Å². The highest BCUT2D eigenvalue weighted by atomic mass is 16.1. The Bertz CT molecular complexity index is 695. The molecule has 0 fully saturated rings. The first-order chi connectivity index (χ1) is 8.34. The molecule has 0 saturated carbocycles. The minimum absolute atomic E-state index is 0.0642. The predicted octanol–water partition coefficient (Wildman–Crippen LogP) is 0.0285. The van der Waals surface area contributed by atoms with Gasteiger partial charge >= 0.3 is 5.69 Å². The average Bonchev–Trinajstić information content (AvgIpc) is 2.69. The van der Waals surface area contributed by atoms with Crippen molar-refractivity contribution in [1.82, 2.24) is 9.55 Å². The molecule has 3 rings (SSSR count).